The molecule has 2 aliphatic rings. The van der Waals surface area contributed by atoms with E-state index in [2.05, 4.69) is 0 Å². The van der Waals surface area contributed by atoms with Crippen LogP contribution < -0.4 is 9.64 Å². The minimum absolute atomic E-state index is 0.0758. The van der Waals surface area contributed by atoms with Gasteiger partial charge in [-0.15, -0.1) is 0 Å². The molecule has 2 aliphatic heterocycles. The quantitative estimate of drug-likeness (QED) is 0.886. The zero-order chi connectivity index (χ0) is 17.3. The van der Waals surface area contributed by atoms with Gasteiger partial charge < -0.3 is 19.5 Å². The number of nitrogens with zero attached hydrogens (tertiary/aromatic N) is 2. The minimum atomic E-state index is -0.842. The third-order valence-electron chi connectivity index (χ3n) is 4.60. The van der Waals surface area contributed by atoms with E-state index < -0.39 is 5.60 Å². The molecule has 1 aromatic rings. The lowest BCUT2D eigenvalue weighted by Crippen LogP contribution is -2.54. The van der Waals surface area contributed by atoms with Crippen molar-refractivity contribution >= 4 is 23.3 Å². The van der Waals surface area contributed by atoms with Crippen molar-refractivity contribution < 1.29 is 19.4 Å². The smallest absolute Gasteiger partial charge is 0.324 e. The summed E-state index contributed by atoms with van der Waals surface area (Å²) in [6.07, 6.45) is 0.889. The number of urea groups is 1. The Balaban J connectivity index is 1.76. The van der Waals surface area contributed by atoms with Gasteiger partial charge in [0.1, 0.15) is 6.10 Å². The van der Waals surface area contributed by atoms with Crippen molar-refractivity contribution in [2.75, 3.05) is 38.3 Å². The average molecular weight is 355 g/mol. The predicted octanol–water partition coefficient (Wildman–Crippen LogP) is 2.52. The second kappa shape index (κ2) is 6.78. The highest BCUT2D eigenvalue weighted by molar-refractivity contribution is 6.32. The van der Waals surface area contributed by atoms with Crippen LogP contribution in [0.2, 0.25) is 5.02 Å². The van der Waals surface area contributed by atoms with Gasteiger partial charge in [-0.25, -0.2) is 4.79 Å². The van der Waals surface area contributed by atoms with E-state index in [1.807, 2.05) is 19.1 Å². The van der Waals surface area contributed by atoms with Crippen LogP contribution in [-0.2, 0) is 4.74 Å². The molecule has 0 aliphatic carbocycles. The minimum Gasteiger partial charge on any atom is -0.485 e. The Kier molecular flexibility index (Phi) is 4.90. The molecule has 1 unspecified atom stereocenters. The molecule has 7 heteroatoms. The number of amides is 2. The summed E-state index contributed by atoms with van der Waals surface area (Å²) in [5.74, 6) is 0.555. The number of piperidine rings is 1. The summed E-state index contributed by atoms with van der Waals surface area (Å²) in [5, 5.41) is 10.9. The maximum atomic E-state index is 13.0. The van der Waals surface area contributed by atoms with E-state index in [0.717, 1.165) is 0 Å². The van der Waals surface area contributed by atoms with Crippen LogP contribution in [0.1, 0.15) is 19.8 Å². The SMILES string of the molecule is COCC1(O)CCN(C(=O)N2CC(C)Oc3c(Cl)cccc32)CC1. The molecule has 0 aromatic heterocycles. The molecule has 1 fully saturated rings. The maximum absolute atomic E-state index is 13.0. The molecule has 6 nitrogen and oxygen atoms in total. The molecule has 1 saturated heterocycles. The average Bonchev–Trinajstić information content (AvgIpc) is 2.55. The van der Waals surface area contributed by atoms with E-state index in [-0.39, 0.29) is 12.1 Å². The van der Waals surface area contributed by atoms with Crippen LogP contribution >= 0.6 is 11.6 Å². The number of halogens is 1. The van der Waals surface area contributed by atoms with E-state index in [1.54, 1.807) is 23.0 Å². The number of para-hydroxylation sites is 1. The molecule has 1 aromatic carbocycles. The van der Waals surface area contributed by atoms with Crippen LogP contribution in [0.3, 0.4) is 0 Å². The van der Waals surface area contributed by atoms with Gasteiger partial charge in [-0.05, 0) is 31.9 Å². The second-order valence-corrected chi connectivity index (χ2v) is 6.96. The molecule has 2 heterocycles. The number of methoxy groups -OCH3 is 1. The fourth-order valence-corrected chi connectivity index (χ4v) is 3.51. The van der Waals surface area contributed by atoms with Crippen molar-refractivity contribution in [3.63, 3.8) is 0 Å². The number of fused-ring (bicyclic) bond motifs is 1. The number of likely N-dealkylation sites (tertiary alicyclic amines) is 1. The van der Waals surface area contributed by atoms with Crippen LogP contribution in [-0.4, -0.2) is 61.1 Å². The van der Waals surface area contributed by atoms with E-state index in [1.165, 1.54) is 0 Å². The Morgan fingerprint density at radius 3 is 2.83 bits per heavy atom. The van der Waals surface area contributed by atoms with Gasteiger partial charge in [0.25, 0.3) is 0 Å². The molecule has 1 N–H and O–H groups in total. The molecular formula is C17H23ClN2O4. The van der Waals surface area contributed by atoms with Crippen molar-refractivity contribution in [3.8, 4) is 5.75 Å². The number of aliphatic hydroxyl groups is 1. The lowest BCUT2D eigenvalue weighted by Gasteiger charge is -2.41. The molecule has 0 bridgehead atoms. The topological polar surface area (TPSA) is 62.2 Å². The van der Waals surface area contributed by atoms with Gasteiger partial charge in [-0.3, -0.25) is 4.90 Å². The highest BCUT2D eigenvalue weighted by Crippen LogP contribution is 2.40. The van der Waals surface area contributed by atoms with Gasteiger partial charge >= 0.3 is 6.03 Å². The highest BCUT2D eigenvalue weighted by atomic mass is 35.5. The fourth-order valence-electron chi connectivity index (χ4n) is 3.30. The predicted molar refractivity (Wildman–Crippen MR) is 91.9 cm³/mol. The van der Waals surface area contributed by atoms with Crippen LogP contribution in [0.4, 0.5) is 10.5 Å². The van der Waals surface area contributed by atoms with Gasteiger partial charge in [-0.2, -0.15) is 0 Å². The first kappa shape index (κ1) is 17.3. The summed E-state index contributed by atoms with van der Waals surface area (Å²) >= 11 is 6.21. The third-order valence-corrected chi connectivity index (χ3v) is 4.90. The van der Waals surface area contributed by atoms with Crippen LogP contribution in [0.25, 0.3) is 0 Å². The molecule has 0 spiro atoms. The van der Waals surface area contributed by atoms with E-state index in [9.17, 15) is 9.90 Å². The second-order valence-electron chi connectivity index (χ2n) is 6.55. The number of carbonyl (C=O) groups is 1. The van der Waals surface area contributed by atoms with Gasteiger partial charge in [-0.1, -0.05) is 17.7 Å². The van der Waals surface area contributed by atoms with Gasteiger partial charge in [0.05, 0.1) is 29.5 Å². The summed E-state index contributed by atoms with van der Waals surface area (Å²) < 4.78 is 10.9. The number of carbonyl (C=O) groups excluding carboxylic acids is 1. The first-order valence-corrected chi connectivity index (χ1v) is 8.54. The monoisotopic (exact) mass is 354 g/mol. The zero-order valence-corrected chi connectivity index (χ0v) is 14.8. The Hall–Kier alpha value is -1.50. The summed E-state index contributed by atoms with van der Waals surface area (Å²) in [5.41, 5.74) is -0.145. The molecule has 0 saturated carbocycles. The Morgan fingerprint density at radius 1 is 1.46 bits per heavy atom. The van der Waals surface area contributed by atoms with E-state index in [4.69, 9.17) is 21.1 Å². The largest absolute Gasteiger partial charge is 0.485 e. The molecule has 3 rings (SSSR count). The fraction of sp³-hybridized carbons (Fsp3) is 0.588. The highest BCUT2D eigenvalue weighted by Gasteiger charge is 2.37. The molecule has 1 atom stereocenters. The molecule has 2 amide bonds. The Labute approximate surface area is 146 Å². The first-order chi connectivity index (χ1) is 11.4. The van der Waals surface area contributed by atoms with Gasteiger partial charge in [0.2, 0.25) is 0 Å². The van der Waals surface area contributed by atoms with Crippen LogP contribution in [0.15, 0.2) is 18.2 Å². The lowest BCUT2D eigenvalue weighted by atomic mass is 9.92. The number of ether oxygens (including phenoxy) is 2. The summed E-state index contributed by atoms with van der Waals surface area (Å²) in [4.78, 5) is 16.5. The summed E-state index contributed by atoms with van der Waals surface area (Å²) in [6, 6.07) is 5.34. The number of rotatable bonds is 2. The normalized spacial score (nSPS) is 22.8. The maximum Gasteiger partial charge on any atom is 0.324 e. The van der Waals surface area contributed by atoms with Crippen molar-refractivity contribution in [2.24, 2.45) is 0 Å². The first-order valence-electron chi connectivity index (χ1n) is 8.16. The summed E-state index contributed by atoms with van der Waals surface area (Å²) in [7, 11) is 1.57. The third kappa shape index (κ3) is 3.31. The number of anilines is 1. The summed E-state index contributed by atoms with van der Waals surface area (Å²) in [6.45, 7) is 3.69. The van der Waals surface area contributed by atoms with Crippen molar-refractivity contribution in [2.45, 2.75) is 31.5 Å². The van der Waals surface area contributed by atoms with E-state index >= 15 is 0 Å². The lowest BCUT2D eigenvalue weighted by molar-refractivity contribution is -0.0645. The molecule has 24 heavy (non-hydrogen) atoms. The standard InChI is InChI=1S/C17H23ClN2O4/c1-12-10-20(14-5-3-4-13(18)15(14)24-12)16(21)19-8-6-17(22,7-9-19)11-23-2/h3-5,12,22H,6-11H2,1-2H3. The molecule has 132 valence electrons. The Morgan fingerprint density at radius 2 is 2.17 bits per heavy atom. The molecule has 0 radical (unpaired) electrons. The van der Waals surface area contributed by atoms with Crippen molar-refractivity contribution in [1.29, 1.82) is 0 Å². The van der Waals surface area contributed by atoms with Crippen molar-refractivity contribution in [1.82, 2.24) is 4.90 Å². The van der Waals surface area contributed by atoms with Crippen molar-refractivity contribution in [3.05, 3.63) is 23.2 Å². The van der Waals surface area contributed by atoms with Gasteiger partial charge in [0.15, 0.2) is 5.75 Å². The number of hydrogen-bond acceptors (Lipinski definition) is 4. The van der Waals surface area contributed by atoms with Crippen LogP contribution in [0.5, 0.6) is 5.75 Å². The van der Waals surface area contributed by atoms with E-state index in [0.29, 0.717) is 55.5 Å². The number of hydrogen-bond donors (Lipinski definition) is 1. The van der Waals surface area contributed by atoms with Crippen LogP contribution in [0, 0.1) is 0 Å². The zero-order valence-electron chi connectivity index (χ0n) is 14.0. The number of benzene rings is 1. The molecular weight excluding hydrogens is 332 g/mol. The van der Waals surface area contributed by atoms with Gasteiger partial charge in [0, 0.05) is 20.2 Å². The Bertz CT molecular complexity index is 617.